The number of rotatable bonds is 7. The molecule has 154 valence electrons. The fourth-order valence-electron chi connectivity index (χ4n) is 3.38. The van der Waals surface area contributed by atoms with Crippen molar-refractivity contribution >= 4 is 11.7 Å². The van der Waals surface area contributed by atoms with E-state index in [1.54, 1.807) is 13.3 Å². The second-order valence-electron chi connectivity index (χ2n) is 6.96. The first-order valence-corrected chi connectivity index (χ1v) is 9.68. The summed E-state index contributed by atoms with van der Waals surface area (Å²) in [5.74, 6) is 2.15. The maximum absolute atomic E-state index is 12.7. The van der Waals surface area contributed by atoms with E-state index in [0.717, 1.165) is 31.1 Å². The topological polar surface area (TPSA) is 89.1 Å². The number of ether oxygens (including phenoxy) is 3. The third-order valence-corrected chi connectivity index (χ3v) is 4.99. The molecule has 2 aliphatic heterocycles. The molecule has 1 aromatic carbocycles. The lowest BCUT2D eigenvalue weighted by Gasteiger charge is -2.34. The van der Waals surface area contributed by atoms with Crippen molar-refractivity contribution in [3.8, 4) is 11.5 Å². The maximum atomic E-state index is 12.7. The smallest absolute Gasteiger partial charge is 0.274 e. The van der Waals surface area contributed by atoms with E-state index in [-0.39, 0.29) is 12.7 Å². The molecule has 9 nitrogen and oxygen atoms in total. The summed E-state index contributed by atoms with van der Waals surface area (Å²) in [4.78, 5) is 25.4. The van der Waals surface area contributed by atoms with E-state index in [4.69, 9.17) is 14.2 Å². The zero-order valence-electron chi connectivity index (χ0n) is 16.5. The number of carbonyl (C=O) groups is 1. The summed E-state index contributed by atoms with van der Waals surface area (Å²) in [6.07, 6.45) is 3.11. The van der Waals surface area contributed by atoms with Crippen molar-refractivity contribution in [3.05, 3.63) is 41.9 Å². The fraction of sp³-hybridized carbons (Fsp3) is 0.450. The van der Waals surface area contributed by atoms with E-state index in [9.17, 15) is 4.79 Å². The van der Waals surface area contributed by atoms with Crippen LogP contribution in [0.1, 0.15) is 16.1 Å². The minimum atomic E-state index is -0.0799. The van der Waals surface area contributed by atoms with E-state index in [2.05, 4.69) is 26.3 Å². The monoisotopic (exact) mass is 399 g/mol. The van der Waals surface area contributed by atoms with Gasteiger partial charge in [0.1, 0.15) is 11.5 Å². The van der Waals surface area contributed by atoms with Crippen LogP contribution < -0.4 is 14.8 Å². The van der Waals surface area contributed by atoms with Crippen molar-refractivity contribution in [2.24, 2.45) is 0 Å². The van der Waals surface area contributed by atoms with Crippen LogP contribution in [0.3, 0.4) is 0 Å². The second kappa shape index (κ2) is 9.06. The van der Waals surface area contributed by atoms with E-state index >= 15 is 0 Å². The lowest BCUT2D eigenvalue weighted by atomic mass is 10.1. The molecule has 2 aromatic rings. The number of methoxy groups -OCH3 is 1. The molecule has 1 saturated heterocycles. The predicted molar refractivity (Wildman–Crippen MR) is 106 cm³/mol. The molecule has 0 saturated carbocycles. The average Bonchev–Trinajstić information content (AvgIpc) is 3.22. The zero-order valence-corrected chi connectivity index (χ0v) is 16.5. The number of benzene rings is 1. The Kier molecular flexibility index (Phi) is 6.06. The van der Waals surface area contributed by atoms with Crippen molar-refractivity contribution in [2.75, 3.05) is 58.6 Å². The minimum Gasteiger partial charge on any atom is -0.454 e. The average molecular weight is 399 g/mol. The lowest BCUT2D eigenvalue weighted by molar-refractivity contribution is 0.0622. The van der Waals surface area contributed by atoms with E-state index in [1.807, 2.05) is 17.0 Å². The minimum absolute atomic E-state index is 0.0799. The summed E-state index contributed by atoms with van der Waals surface area (Å²) in [7, 11) is 1.64. The largest absolute Gasteiger partial charge is 0.454 e. The number of anilines is 1. The molecule has 1 aromatic heterocycles. The first-order valence-electron chi connectivity index (χ1n) is 9.68. The highest BCUT2D eigenvalue weighted by atomic mass is 16.7. The summed E-state index contributed by atoms with van der Waals surface area (Å²) >= 11 is 0. The van der Waals surface area contributed by atoms with Crippen molar-refractivity contribution in [3.63, 3.8) is 0 Å². The number of nitrogens with zero attached hydrogens (tertiary/aromatic N) is 4. The summed E-state index contributed by atoms with van der Waals surface area (Å²) in [6, 6.07) is 6.03. The van der Waals surface area contributed by atoms with Crippen LogP contribution in [0, 0.1) is 0 Å². The van der Waals surface area contributed by atoms with Gasteiger partial charge in [-0.05, 0) is 17.7 Å². The Labute approximate surface area is 169 Å². The van der Waals surface area contributed by atoms with Crippen LogP contribution in [0.5, 0.6) is 11.5 Å². The van der Waals surface area contributed by atoms with Crippen LogP contribution in [0.2, 0.25) is 0 Å². The van der Waals surface area contributed by atoms with Crippen molar-refractivity contribution in [2.45, 2.75) is 6.54 Å². The Hall–Kier alpha value is -2.91. The molecular formula is C20H25N5O4. The lowest BCUT2D eigenvalue weighted by Crippen LogP contribution is -2.48. The van der Waals surface area contributed by atoms with E-state index in [0.29, 0.717) is 37.8 Å². The molecular weight excluding hydrogens is 374 g/mol. The number of carbonyl (C=O) groups excluding carboxylic acids is 1. The van der Waals surface area contributed by atoms with Crippen LogP contribution in [0.25, 0.3) is 0 Å². The third kappa shape index (κ3) is 4.75. The summed E-state index contributed by atoms with van der Waals surface area (Å²) in [5, 5.41) is 3.09. The van der Waals surface area contributed by atoms with Gasteiger partial charge in [0.25, 0.3) is 5.91 Å². The Bertz CT molecular complexity index is 837. The molecule has 4 rings (SSSR count). The van der Waals surface area contributed by atoms with Gasteiger partial charge in [-0.25, -0.2) is 9.97 Å². The van der Waals surface area contributed by atoms with Gasteiger partial charge in [-0.15, -0.1) is 0 Å². The molecule has 0 spiro atoms. The summed E-state index contributed by atoms with van der Waals surface area (Å²) in [6.45, 7) is 5.28. The quantitative estimate of drug-likeness (QED) is 0.696. The van der Waals surface area contributed by atoms with Gasteiger partial charge >= 0.3 is 0 Å². The maximum Gasteiger partial charge on any atom is 0.274 e. The highest BCUT2D eigenvalue weighted by Gasteiger charge is 2.24. The van der Waals surface area contributed by atoms with Crippen LogP contribution in [0.15, 0.2) is 30.6 Å². The normalized spacial score (nSPS) is 16.1. The van der Waals surface area contributed by atoms with Gasteiger partial charge in [-0.2, -0.15) is 0 Å². The Morgan fingerprint density at radius 1 is 1.14 bits per heavy atom. The van der Waals surface area contributed by atoms with Gasteiger partial charge < -0.3 is 24.4 Å². The molecule has 2 aliphatic rings. The van der Waals surface area contributed by atoms with Gasteiger partial charge in [0, 0.05) is 46.4 Å². The molecule has 1 N–H and O–H groups in total. The Morgan fingerprint density at radius 2 is 1.97 bits per heavy atom. The van der Waals surface area contributed by atoms with Crippen LogP contribution >= 0.6 is 0 Å². The number of nitrogens with one attached hydrogen (secondary N) is 1. The molecule has 9 heteroatoms. The molecule has 0 aliphatic carbocycles. The summed E-state index contributed by atoms with van der Waals surface area (Å²) in [5.41, 5.74) is 1.54. The van der Waals surface area contributed by atoms with Gasteiger partial charge in [0.15, 0.2) is 11.5 Å². The van der Waals surface area contributed by atoms with Gasteiger partial charge in [-0.1, -0.05) is 6.07 Å². The third-order valence-electron chi connectivity index (χ3n) is 4.99. The number of hydrogen-bond acceptors (Lipinski definition) is 8. The molecule has 0 atom stereocenters. The number of hydrogen-bond donors (Lipinski definition) is 1. The van der Waals surface area contributed by atoms with Crippen LogP contribution in [0.4, 0.5) is 5.82 Å². The zero-order chi connectivity index (χ0) is 20.1. The Morgan fingerprint density at radius 3 is 2.72 bits per heavy atom. The highest BCUT2D eigenvalue weighted by molar-refractivity contribution is 5.92. The van der Waals surface area contributed by atoms with Gasteiger partial charge in [0.2, 0.25) is 6.79 Å². The summed E-state index contributed by atoms with van der Waals surface area (Å²) < 4.78 is 15.8. The molecule has 3 heterocycles. The van der Waals surface area contributed by atoms with Gasteiger partial charge in [-0.3, -0.25) is 9.69 Å². The SMILES string of the molecule is COCCNc1cnc(C(=O)N2CCN(Cc3ccc4c(c3)OCO4)CC2)cn1. The van der Waals surface area contributed by atoms with Crippen LogP contribution in [-0.2, 0) is 11.3 Å². The number of aromatic nitrogens is 2. The molecule has 0 bridgehead atoms. The standard InChI is InChI=1S/C20H25N5O4/c1-27-9-4-21-19-12-22-16(11-23-19)20(26)25-7-5-24(6-8-25)13-15-2-3-17-18(10-15)29-14-28-17/h2-3,10-12H,4-9,13-14H2,1H3,(H,21,23). The van der Waals surface area contributed by atoms with Crippen molar-refractivity contribution < 1.29 is 19.0 Å². The fourth-order valence-corrected chi connectivity index (χ4v) is 3.38. The molecule has 1 amide bonds. The molecule has 1 fully saturated rings. The highest BCUT2D eigenvalue weighted by Crippen LogP contribution is 2.32. The van der Waals surface area contributed by atoms with E-state index in [1.165, 1.54) is 11.8 Å². The number of fused-ring (bicyclic) bond motifs is 1. The second-order valence-corrected chi connectivity index (χ2v) is 6.96. The molecule has 0 radical (unpaired) electrons. The molecule has 0 unspecified atom stereocenters. The first-order chi connectivity index (χ1) is 14.2. The number of piperazine rings is 1. The Balaban J connectivity index is 1.27. The van der Waals surface area contributed by atoms with Gasteiger partial charge in [0.05, 0.1) is 19.0 Å². The molecule has 29 heavy (non-hydrogen) atoms. The van der Waals surface area contributed by atoms with Crippen LogP contribution in [-0.4, -0.2) is 78.9 Å². The predicted octanol–water partition coefficient (Wildman–Crippen LogP) is 1.22. The van der Waals surface area contributed by atoms with Crippen molar-refractivity contribution in [1.82, 2.24) is 19.8 Å². The van der Waals surface area contributed by atoms with E-state index < -0.39 is 0 Å². The van der Waals surface area contributed by atoms with Crippen molar-refractivity contribution in [1.29, 1.82) is 0 Å². The first kappa shape index (κ1) is 19.4. The number of amides is 1.